The van der Waals surface area contributed by atoms with E-state index in [4.69, 9.17) is 5.11 Å². The van der Waals surface area contributed by atoms with Gasteiger partial charge >= 0.3 is 12.0 Å². The third-order valence-corrected chi connectivity index (χ3v) is 2.99. The molecule has 18 heavy (non-hydrogen) atoms. The van der Waals surface area contributed by atoms with Crippen LogP contribution in [0.1, 0.15) is 19.8 Å². The predicted molar refractivity (Wildman–Crippen MR) is 65.3 cm³/mol. The van der Waals surface area contributed by atoms with Gasteiger partial charge in [-0.15, -0.1) is 0 Å². The molecule has 1 fully saturated rings. The lowest BCUT2D eigenvalue weighted by Gasteiger charge is -2.30. The Morgan fingerprint density at radius 1 is 1.44 bits per heavy atom. The molecule has 0 spiro atoms. The van der Waals surface area contributed by atoms with Gasteiger partial charge in [0.15, 0.2) is 6.04 Å². The van der Waals surface area contributed by atoms with E-state index in [1.807, 2.05) is 7.05 Å². The van der Waals surface area contributed by atoms with Crippen LogP contribution in [0.4, 0.5) is 4.79 Å². The first-order valence-corrected chi connectivity index (χ1v) is 6.06. The molecule has 1 rings (SSSR count). The SMILES string of the molecule is CC(O)C(NC(=O)NC1CCCN(C)C1)C(=O)O. The van der Waals surface area contributed by atoms with E-state index in [2.05, 4.69) is 15.5 Å². The first-order valence-electron chi connectivity index (χ1n) is 6.06. The smallest absolute Gasteiger partial charge is 0.328 e. The average Bonchev–Trinajstić information content (AvgIpc) is 2.25. The minimum absolute atomic E-state index is 0.0205. The number of carbonyl (C=O) groups is 2. The molecule has 1 heterocycles. The first kappa shape index (κ1) is 14.7. The average molecular weight is 259 g/mol. The number of nitrogens with one attached hydrogen (secondary N) is 2. The number of aliphatic carboxylic acids is 1. The number of likely N-dealkylation sites (tertiary alicyclic amines) is 1. The molecule has 2 amide bonds. The van der Waals surface area contributed by atoms with Gasteiger partial charge in [-0.05, 0) is 33.4 Å². The van der Waals surface area contributed by atoms with E-state index in [9.17, 15) is 14.7 Å². The van der Waals surface area contributed by atoms with Crippen LogP contribution in [-0.2, 0) is 4.79 Å². The highest BCUT2D eigenvalue weighted by molar-refractivity contribution is 5.83. The highest BCUT2D eigenvalue weighted by Crippen LogP contribution is 2.07. The molecule has 1 saturated heterocycles. The van der Waals surface area contributed by atoms with Gasteiger partial charge in [0.1, 0.15) is 0 Å². The number of piperidine rings is 1. The molecule has 4 N–H and O–H groups in total. The van der Waals surface area contributed by atoms with Crippen LogP contribution in [0.25, 0.3) is 0 Å². The summed E-state index contributed by atoms with van der Waals surface area (Å²) >= 11 is 0. The molecular weight excluding hydrogens is 238 g/mol. The van der Waals surface area contributed by atoms with Crippen LogP contribution >= 0.6 is 0 Å². The molecule has 104 valence electrons. The van der Waals surface area contributed by atoms with Crippen LogP contribution in [0.3, 0.4) is 0 Å². The number of urea groups is 1. The lowest BCUT2D eigenvalue weighted by atomic mass is 10.1. The molecule has 0 aromatic rings. The highest BCUT2D eigenvalue weighted by atomic mass is 16.4. The number of hydrogen-bond acceptors (Lipinski definition) is 4. The maximum Gasteiger partial charge on any atom is 0.328 e. The molecule has 0 bridgehead atoms. The van der Waals surface area contributed by atoms with Gasteiger partial charge < -0.3 is 25.7 Å². The lowest BCUT2D eigenvalue weighted by molar-refractivity contribution is -0.141. The Morgan fingerprint density at radius 2 is 2.11 bits per heavy atom. The molecule has 1 aliphatic heterocycles. The highest BCUT2D eigenvalue weighted by Gasteiger charge is 2.26. The van der Waals surface area contributed by atoms with Crippen molar-refractivity contribution < 1.29 is 19.8 Å². The summed E-state index contributed by atoms with van der Waals surface area (Å²) in [6.07, 6.45) is 0.743. The molecule has 0 aliphatic carbocycles. The number of aliphatic hydroxyl groups is 1. The van der Waals surface area contributed by atoms with E-state index in [0.717, 1.165) is 25.9 Å². The van der Waals surface area contributed by atoms with Gasteiger partial charge in [-0.1, -0.05) is 0 Å². The fourth-order valence-electron chi connectivity index (χ4n) is 2.04. The van der Waals surface area contributed by atoms with Gasteiger partial charge in [-0.2, -0.15) is 0 Å². The van der Waals surface area contributed by atoms with Crippen molar-refractivity contribution in [2.24, 2.45) is 0 Å². The van der Waals surface area contributed by atoms with Crippen LogP contribution in [0.5, 0.6) is 0 Å². The summed E-state index contributed by atoms with van der Waals surface area (Å²) in [5.74, 6) is -1.25. The van der Waals surface area contributed by atoms with Gasteiger partial charge in [0.05, 0.1) is 6.10 Å². The molecular formula is C11H21N3O4. The van der Waals surface area contributed by atoms with E-state index >= 15 is 0 Å². The summed E-state index contributed by atoms with van der Waals surface area (Å²) in [4.78, 5) is 24.5. The van der Waals surface area contributed by atoms with E-state index in [0.29, 0.717) is 0 Å². The van der Waals surface area contributed by atoms with E-state index in [1.54, 1.807) is 0 Å². The van der Waals surface area contributed by atoms with E-state index in [-0.39, 0.29) is 6.04 Å². The summed E-state index contributed by atoms with van der Waals surface area (Å²) in [6.45, 7) is 3.08. The number of rotatable bonds is 4. The van der Waals surface area contributed by atoms with Crippen molar-refractivity contribution in [3.63, 3.8) is 0 Å². The maximum atomic E-state index is 11.6. The fourth-order valence-corrected chi connectivity index (χ4v) is 2.04. The Hall–Kier alpha value is -1.34. The normalized spacial score (nSPS) is 24.1. The second kappa shape index (κ2) is 6.55. The number of carboxylic acids is 1. The van der Waals surface area contributed by atoms with Crippen molar-refractivity contribution >= 4 is 12.0 Å². The van der Waals surface area contributed by atoms with Gasteiger partial charge in [0.2, 0.25) is 0 Å². The molecule has 3 atom stereocenters. The molecule has 1 aliphatic rings. The third kappa shape index (κ3) is 4.50. The summed E-state index contributed by atoms with van der Waals surface area (Å²) in [5, 5.41) is 23.1. The quantitative estimate of drug-likeness (QED) is 0.530. The molecule has 7 heteroatoms. The maximum absolute atomic E-state index is 11.6. The van der Waals surface area contributed by atoms with Crippen LogP contribution in [-0.4, -0.2) is 65.4 Å². The minimum Gasteiger partial charge on any atom is -0.480 e. The summed E-state index contributed by atoms with van der Waals surface area (Å²) in [5.41, 5.74) is 0. The van der Waals surface area contributed by atoms with E-state index < -0.39 is 24.1 Å². The third-order valence-electron chi connectivity index (χ3n) is 2.99. The molecule has 7 nitrogen and oxygen atoms in total. The van der Waals surface area contributed by atoms with Crippen molar-refractivity contribution in [2.45, 2.75) is 38.0 Å². The van der Waals surface area contributed by atoms with Crippen molar-refractivity contribution in [2.75, 3.05) is 20.1 Å². The zero-order valence-electron chi connectivity index (χ0n) is 10.7. The number of likely N-dealkylation sites (N-methyl/N-ethyl adjacent to an activating group) is 1. The van der Waals surface area contributed by atoms with Crippen molar-refractivity contribution in [3.8, 4) is 0 Å². The standard InChI is InChI=1S/C11H21N3O4/c1-7(15)9(10(16)17)13-11(18)12-8-4-3-5-14(2)6-8/h7-9,15H,3-6H2,1-2H3,(H,16,17)(H2,12,13,18). The summed E-state index contributed by atoms with van der Waals surface area (Å²) < 4.78 is 0. The van der Waals surface area contributed by atoms with Gasteiger partial charge in [0.25, 0.3) is 0 Å². The number of carbonyl (C=O) groups excluding carboxylic acids is 1. The molecule has 3 unspecified atom stereocenters. The predicted octanol–water partition coefficient (Wildman–Crippen LogP) is -0.786. The first-order chi connectivity index (χ1) is 8.40. The zero-order chi connectivity index (χ0) is 13.7. The van der Waals surface area contributed by atoms with Gasteiger partial charge in [-0.3, -0.25) is 0 Å². The van der Waals surface area contributed by atoms with Crippen molar-refractivity contribution in [1.82, 2.24) is 15.5 Å². The van der Waals surface area contributed by atoms with E-state index in [1.165, 1.54) is 6.92 Å². The van der Waals surface area contributed by atoms with Crippen LogP contribution in [0, 0.1) is 0 Å². The van der Waals surface area contributed by atoms with Crippen LogP contribution < -0.4 is 10.6 Å². The van der Waals surface area contributed by atoms with Crippen LogP contribution in [0.2, 0.25) is 0 Å². The minimum atomic E-state index is -1.29. The largest absolute Gasteiger partial charge is 0.480 e. The summed E-state index contributed by atoms with van der Waals surface area (Å²) in [6, 6.07) is -1.82. The number of amides is 2. The monoisotopic (exact) mass is 259 g/mol. The Balaban J connectivity index is 2.42. The Kier molecular flexibility index (Phi) is 5.36. The molecule has 0 aromatic carbocycles. The molecule has 0 radical (unpaired) electrons. The fraction of sp³-hybridized carbons (Fsp3) is 0.818. The lowest BCUT2D eigenvalue weighted by Crippen LogP contribution is -2.55. The van der Waals surface area contributed by atoms with Crippen molar-refractivity contribution in [3.05, 3.63) is 0 Å². The topological polar surface area (TPSA) is 102 Å². The van der Waals surface area contributed by atoms with Gasteiger partial charge in [-0.25, -0.2) is 9.59 Å². The zero-order valence-corrected chi connectivity index (χ0v) is 10.7. The number of aliphatic hydroxyl groups excluding tert-OH is 1. The molecule has 0 aromatic heterocycles. The van der Waals surface area contributed by atoms with Crippen molar-refractivity contribution in [1.29, 1.82) is 0 Å². The number of hydrogen-bond donors (Lipinski definition) is 4. The summed E-state index contributed by atoms with van der Waals surface area (Å²) in [7, 11) is 1.97. The van der Waals surface area contributed by atoms with Gasteiger partial charge in [0, 0.05) is 12.6 Å². The molecule has 0 saturated carbocycles. The Bertz CT molecular complexity index is 309. The number of carboxylic acid groups (broad SMARTS) is 1. The second-order valence-electron chi connectivity index (χ2n) is 4.78. The number of nitrogens with zero attached hydrogens (tertiary/aromatic N) is 1. The Labute approximate surface area is 106 Å². The second-order valence-corrected chi connectivity index (χ2v) is 4.78. The Morgan fingerprint density at radius 3 is 2.61 bits per heavy atom. The van der Waals surface area contributed by atoms with Crippen LogP contribution in [0.15, 0.2) is 0 Å².